The van der Waals surface area contributed by atoms with E-state index in [4.69, 9.17) is 10.3 Å². The summed E-state index contributed by atoms with van der Waals surface area (Å²) in [6, 6.07) is 11.5. The Labute approximate surface area is 117 Å². The lowest BCUT2D eigenvalue weighted by Gasteiger charge is -2.06. The number of nitrogens with one attached hydrogen (secondary N) is 1. The second-order valence-corrected chi connectivity index (χ2v) is 5.66. The molecule has 20 heavy (non-hydrogen) atoms. The molecule has 0 fully saturated rings. The fourth-order valence-corrected chi connectivity index (χ4v) is 1.56. The van der Waals surface area contributed by atoms with Gasteiger partial charge in [-0.25, -0.2) is 0 Å². The van der Waals surface area contributed by atoms with E-state index in [1.807, 2.05) is 37.3 Å². The molecule has 0 amide bonds. The van der Waals surface area contributed by atoms with Crippen molar-refractivity contribution in [2.45, 2.75) is 6.92 Å². The number of aromatic nitrogens is 1. The van der Waals surface area contributed by atoms with E-state index in [9.17, 15) is 13.2 Å². The third kappa shape index (κ3) is 5.25. The number of nitrogens with two attached hydrogens (primary N) is 1. The molecular weight excluding hydrogens is 280 g/mol. The number of aryl methyl sites for hydroxylation is 1. The summed E-state index contributed by atoms with van der Waals surface area (Å²) in [5, 5.41) is 0. The van der Waals surface area contributed by atoms with Gasteiger partial charge in [-0.05, 0) is 18.6 Å². The van der Waals surface area contributed by atoms with Crippen LogP contribution in [0.15, 0.2) is 41.2 Å². The third-order valence-corrected chi connectivity index (χ3v) is 2.35. The molecule has 0 unspecified atom stereocenters. The van der Waals surface area contributed by atoms with Crippen LogP contribution in [0, 0.1) is 6.92 Å². The largest absolute Gasteiger partial charge is 0.394 e. The Morgan fingerprint density at radius 2 is 1.70 bits per heavy atom. The lowest BCUT2D eigenvalue weighted by molar-refractivity contribution is 0.490. The third-order valence-electron chi connectivity index (χ3n) is 2.35. The van der Waals surface area contributed by atoms with Crippen LogP contribution in [0.1, 0.15) is 5.69 Å². The summed E-state index contributed by atoms with van der Waals surface area (Å²) in [5.41, 5.74) is 8.46. The lowest BCUT2D eigenvalue weighted by atomic mass is 10.0. The summed E-state index contributed by atoms with van der Waals surface area (Å²) in [7, 11) is -3.67. The first-order valence-corrected chi connectivity index (χ1v) is 7.50. The van der Waals surface area contributed by atoms with Gasteiger partial charge >= 0.3 is 0 Å². The molecule has 0 aliphatic carbocycles. The number of nitrogen functional groups attached to an aromatic ring is 1. The van der Waals surface area contributed by atoms with Gasteiger partial charge in [0.15, 0.2) is 0 Å². The first kappa shape index (κ1) is 15.9. The van der Waals surface area contributed by atoms with Crippen LogP contribution in [0.5, 0.6) is 0 Å². The fourth-order valence-electron chi connectivity index (χ4n) is 1.56. The minimum absolute atomic E-state index is 0.229. The molecule has 0 spiro atoms. The Morgan fingerprint density at radius 3 is 2.20 bits per heavy atom. The zero-order valence-corrected chi connectivity index (χ0v) is 11.9. The molecule has 1 aromatic carbocycles. The summed E-state index contributed by atoms with van der Waals surface area (Å²) >= 11 is 0. The average Bonchev–Trinajstić information content (AvgIpc) is 2.33. The fraction of sp³-hybridized carbons (Fsp3) is 0.154. The van der Waals surface area contributed by atoms with Crippen molar-refractivity contribution in [1.82, 2.24) is 4.98 Å². The van der Waals surface area contributed by atoms with Crippen molar-refractivity contribution >= 4 is 15.8 Å². The summed E-state index contributed by atoms with van der Waals surface area (Å²) in [6.07, 6.45) is 0.715. The number of pyridine rings is 1. The number of H-pyrrole nitrogens is 1. The van der Waals surface area contributed by atoms with Crippen LogP contribution >= 0.6 is 0 Å². The molecule has 2 rings (SSSR count). The predicted octanol–water partition coefficient (Wildman–Crippen LogP) is 1.44. The van der Waals surface area contributed by atoms with E-state index in [0.29, 0.717) is 6.26 Å². The van der Waals surface area contributed by atoms with Gasteiger partial charge in [0, 0.05) is 11.3 Å². The van der Waals surface area contributed by atoms with Gasteiger partial charge in [-0.2, -0.15) is 8.42 Å². The molecule has 7 heteroatoms. The molecule has 4 N–H and O–H groups in total. The van der Waals surface area contributed by atoms with Crippen LogP contribution < -0.4 is 11.3 Å². The highest BCUT2D eigenvalue weighted by Crippen LogP contribution is 2.21. The van der Waals surface area contributed by atoms with Crippen LogP contribution in [0.25, 0.3) is 11.1 Å². The van der Waals surface area contributed by atoms with Crippen molar-refractivity contribution < 1.29 is 13.0 Å². The molecule has 0 saturated carbocycles. The van der Waals surface area contributed by atoms with Crippen LogP contribution in [-0.4, -0.2) is 24.2 Å². The predicted molar refractivity (Wildman–Crippen MR) is 79.1 cm³/mol. The number of anilines is 1. The maximum atomic E-state index is 11.2. The van der Waals surface area contributed by atoms with Crippen molar-refractivity contribution in [2.24, 2.45) is 0 Å². The van der Waals surface area contributed by atoms with Crippen molar-refractivity contribution in [2.75, 3.05) is 12.0 Å². The summed E-state index contributed by atoms with van der Waals surface area (Å²) in [4.78, 5) is 14.0. The second-order valence-electron chi connectivity index (χ2n) is 4.19. The van der Waals surface area contributed by atoms with Crippen LogP contribution in [-0.2, 0) is 10.1 Å². The van der Waals surface area contributed by atoms with Crippen molar-refractivity contribution in [3.05, 3.63) is 52.4 Å². The Balaban J connectivity index is 0.000000347. The van der Waals surface area contributed by atoms with Crippen LogP contribution in [0.2, 0.25) is 0 Å². The maximum absolute atomic E-state index is 11.2. The summed E-state index contributed by atoms with van der Waals surface area (Å²) < 4.78 is 25.9. The Bertz CT molecular complexity index is 729. The van der Waals surface area contributed by atoms with Gasteiger partial charge in [0.25, 0.3) is 15.7 Å². The minimum atomic E-state index is -3.67. The van der Waals surface area contributed by atoms with E-state index in [-0.39, 0.29) is 11.2 Å². The van der Waals surface area contributed by atoms with E-state index in [1.165, 1.54) is 0 Å². The van der Waals surface area contributed by atoms with Gasteiger partial charge in [0.1, 0.15) is 0 Å². The topological polar surface area (TPSA) is 113 Å². The molecule has 0 aliphatic heterocycles. The molecule has 0 bridgehead atoms. The first-order valence-electron chi connectivity index (χ1n) is 5.65. The van der Waals surface area contributed by atoms with Gasteiger partial charge in [-0.1, -0.05) is 30.3 Å². The summed E-state index contributed by atoms with van der Waals surface area (Å²) in [5.74, 6) is 0. The molecule has 0 aliphatic rings. The SMILES string of the molecule is CS(=O)(=O)O.Cc1[nH]c(=O)c(N)cc1-c1ccccc1. The molecule has 0 radical (unpaired) electrons. The zero-order chi connectivity index (χ0) is 15.3. The van der Waals surface area contributed by atoms with E-state index < -0.39 is 10.1 Å². The molecule has 108 valence electrons. The Morgan fingerprint density at radius 1 is 1.20 bits per heavy atom. The zero-order valence-electron chi connectivity index (χ0n) is 11.1. The van der Waals surface area contributed by atoms with Gasteiger partial charge in [-0.15, -0.1) is 0 Å². The second kappa shape index (κ2) is 6.36. The average molecular weight is 296 g/mol. The quantitative estimate of drug-likeness (QED) is 0.689. The number of aromatic amines is 1. The molecule has 0 saturated heterocycles. The number of rotatable bonds is 1. The van der Waals surface area contributed by atoms with Gasteiger partial charge < -0.3 is 10.7 Å². The number of benzene rings is 1. The van der Waals surface area contributed by atoms with Gasteiger partial charge in [0.05, 0.1) is 11.9 Å². The smallest absolute Gasteiger partial charge is 0.271 e. The standard InChI is InChI=1S/C12H12N2O.CH4O3S/c1-8-10(7-11(13)12(15)14-8)9-5-3-2-4-6-9;1-5(2,3)4/h2-7H,13H2,1H3,(H,14,15);1H3,(H,2,3,4). The number of hydrogen-bond donors (Lipinski definition) is 3. The molecule has 6 nitrogen and oxygen atoms in total. The molecule has 2 aromatic rings. The first-order chi connectivity index (χ1) is 9.18. The minimum Gasteiger partial charge on any atom is -0.394 e. The van der Waals surface area contributed by atoms with E-state index >= 15 is 0 Å². The van der Waals surface area contributed by atoms with E-state index in [0.717, 1.165) is 16.8 Å². The Hall–Kier alpha value is -2.12. The van der Waals surface area contributed by atoms with Crippen molar-refractivity contribution in [3.63, 3.8) is 0 Å². The van der Waals surface area contributed by atoms with Crippen LogP contribution in [0.4, 0.5) is 5.69 Å². The maximum Gasteiger partial charge on any atom is 0.271 e. The normalized spacial score (nSPS) is 10.6. The molecule has 1 aromatic heterocycles. The van der Waals surface area contributed by atoms with Crippen molar-refractivity contribution in [3.8, 4) is 11.1 Å². The monoisotopic (exact) mass is 296 g/mol. The molecule has 0 atom stereocenters. The van der Waals surface area contributed by atoms with E-state index in [1.54, 1.807) is 6.07 Å². The van der Waals surface area contributed by atoms with Gasteiger partial charge in [-0.3, -0.25) is 9.35 Å². The highest BCUT2D eigenvalue weighted by atomic mass is 32.2. The van der Waals surface area contributed by atoms with Crippen molar-refractivity contribution in [1.29, 1.82) is 0 Å². The highest BCUT2D eigenvalue weighted by molar-refractivity contribution is 7.85. The Kier molecular flexibility index (Phi) is 5.06. The molecular formula is C13H16N2O4S. The number of hydrogen-bond acceptors (Lipinski definition) is 4. The summed E-state index contributed by atoms with van der Waals surface area (Å²) in [6.45, 7) is 1.86. The lowest BCUT2D eigenvalue weighted by Crippen LogP contribution is -2.13. The van der Waals surface area contributed by atoms with Gasteiger partial charge in [0.2, 0.25) is 0 Å². The van der Waals surface area contributed by atoms with E-state index in [2.05, 4.69) is 4.98 Å². The van der Waals surface area contributed by atoms with Crippen LogP contribution in [0.3, 0.4) is 0 Å². The highest BCUT2D eigenvalue weighted by Gasteiger charge is 2.04. The molecule has 1 heterocycles.